The van der Waals surface area contributed by atoms with E-state index in [9.17, 15) is 5.11 Å². The van der Waals surface area contributed by atoms with Gasteiger partial charge in [0.25, 0.3) is 0 Å². The van der Waals surface area contributed by atoms with E-state index in [1.165, 1.54) is 16.8 Å². The summed E-state index contributed by atoms with van der Waals surface area (Å²) in [6, 6.07) is 11.1. The fourth-order valence-electron chi connectivity index (χ4n) is 10.4. The van der Waals surface area contributed by atoms with Crippen LogP contribution in [0.3, 0.4) is 0 Å². The van der Waals surface area contributed by atoms with Crippen LogP contribution in [0.4, 0.5) is 0 Å². The van der Waals surface area contributed by atoms with E-state index in [2.05, 4.69) is 140 Å². The number of nitrogens with zero attached hydrogens (tertiary/aromatic N) is 1. The quantitative estimate of drug-likeness (QED) is 0.155. The van der Waals surface area contributed by atoms with E-state index in [0.29, 0.717) is 29.4 Å². The molecule has 0 saturated heterocycles. The van der Waals surface area contributed by atoms with Gasteiger partial charge in [0.1, 0.15) is 11.5 Å². The van der Waals surface area contributed by atoms with Crippen molar-refractivity contribution in [3.8, 4) is 0 Å². The standard InChI is InChI=1S/C48H67NO3/c1-13-20-37(50)25-26-43-45-44-39(34(7)41-29-36(35-21-17-16-18-22-35)28-40(32(4)5)48(41,45)11)23-19-24-42(44)49(43)47(10,27-14-2)31-38(15-3)52-33(6)30-46(8,9)51-12/h13,16-22,24-25,28-32,34,39-40,43,45,50H,14-15,23,26-27H2,1-12H3/b20-13-,33-30-,37-25-,38-31+/t34?,39?,40?,43?,45?,47-,48?/m1/s1. The van der Waals surface area contributed by atoms with Crippen LogP contribution >= 0.6 is 0 Å². The van der Waals surface area contributed by atoms with Gasteiger partial charge in [-0.15, -0.1) is 0 Å². The molecule has 1 aliphatic heterocycles. The van der Waals surface area contributed by atoms with Crippen LogP contribution in [0.25, 0.3) is 5.57 Å². The summed E-state index contributed by atoms with van der Waals surface area (Å²) >= 11 is 0. The first-order valence-electron chi connectivity index (χ1n) is 20.0. The molecule has 7 atom stereocenters. The molecule has 1 heterocycles. The third kappa shape index (κ3) is 7.47. The number of rotatable bonds is 14. The minimum Gasteiger partial charge on any atom is -0.508 e. The maximum Gasteiger partial charge on any atom is 0.111 e. The highest BCUT2D eigenvalue weighted by molar-refractivity contribution is 5.77. The molecule has 0 aromatic heterocycles. The summed E-state index contributed by atoms with van der Waals surface area (Å²) in [5, 5.41) is 11.1. The highest BCUT2D eigenvalue weighted by Crippen LogP contribution is 2.67. The predicted molar refractivity (Wildman–Crippen MR) is 219 cm³/mol. The maximum absolute atomic E-state index is 11.1. The largest absolute Gasteiger partial charge is 0.508 e. The van der Waals surface area contributed by atoms with E-state index >= 15 is 0 Å². The Labute approximate surface area is 316 Å². The monoisotopic (exact) mass is 706 g/mol. The predicted octanol–water partition coefficient (Wildman–Crippen LogP) is 12.7. The van der Waals surface area contributed by atoms with Crippen LogP contribution in [-0.4, -0.2) is 34.3 Å². The highest BCUT2D eigenvalue weighted by atomic mass is 16.5. The number of allylic oxidation sites excluding steroid dienone is 10. The van der Waals surface area contributed by atoms with Crippen molar-refractivity contribution >= 4 is 5.57 Å². The Kier molecular flexibility index (Phi) is 12.1. The molecule has 0 amide bonds. The Bertz CT molecular complexity index is 1700. The van der Waals surface area contributed by atoms with Crippen molar-refractivity contribution in [1.29, 1.82) is 0 Å². The molecular weight excluding hydrogens is 639 g/mol. The lowest BCUT2D eigenvalue weighted by atomic mass is 9.46. The lowest BCUT2D eigenvalue weighted by Gasteiger charge is -2.57. The topological polar surface area (TPSA) is 41.9 Å². The summed E-state index contributed by atoms with van der Waals surface area (Å²) in [5.74, 6) is 4.11. The van der Waals surface area contributed by atoms with Crippen LogP contribution in [0.2, 0.25) is 0 Å². The molecule has 5 rings (SSSR count). The third-order valence-electron chi connectivity index (χ3n) is 12.6. The third-order valence-corrected chi connectivity index (χ3v) is 12.6. The SMILES string of the molecule is C/C=C\C(O)=C\CC1C2C3=C(C=CCC3C(C)C3=CC(c4ccccc4)=CC(C(C)C)C32C)N1[C@@](C)(/C=C(\CC)O/C(C)=C\C(C)(C)OC)CCC. The average molecular weight is 706 g/mol. The van der Waals surface area contributed by atoms with Crippen molar-refractivity contribution < 1.29 is 14.6 Å². The summed E-state index contributed by atoms with van der Waals surface area (Å²) in [6.45, 7) is 25.0. The number of hydrogen-bond donors (Lipinski definition) is 1. The molecule has 0 radical (unpaired) electrons. The Morgan fingerprint density at radius 2 is 1.83 bits per heavy atom. The van der Waals surface area contributed by atoms with Crippen molar-refractivity contribution in [2.45, 2.75) is 125 Å². The van der Waals surface area contributed by atoms with Crippen molar-refractivity contribution in [3.63, 3.8) is 0 Å². The average Bonchev–Trinajstić information content (AvgIpc) is 3.46. The fraction of sp³-hybridized carbons (Fsp3) is 0.542. The lowest BCUT2D eigenvalue weighted by molar-refractivity contribution is 0.0381. The maximum atomic E-state index is 11.1. The van der Waals surface area contributed by atoms with E-state index in [1.54, 1.807) is 18.3 Å². The molecule has 4 aliphatic rings. The first kappa shape index (κ1) is 39.7. The summed E-state index contributed by atoms with van der Waals surface area (Å²) in [4.78, 5) is 2.78. The Morgan fingerprint density at radius 3 is 2.44 bits per heavy atom. The van der Waals surface area contributed by atoms with Crippen molar-refractivity contribution in [2.24, 2.45) is 35.0 Å². The first-order chi connectivity index (χ1) is 24.6. The van der Waals surface area contributed by atoms with Crippen LogP contribution in [-0.2, 0) is 9.47 Å². The molecule has 0 bridgehead atoms. The second-order valence-corrected chi connectivity index (χ2v) is 17.0. The smallest absolute Gasteiger partial charge is 0.111 e. The Morgan fingerprint density at radius 1 is 1.12 bits per heavy atom. The van der Waals surface area contributed by atoms with Gasteiger partial charge in [-0.2, -0.15) is 0 Å². The number of ether oxygens (including phenoxy) is 2. The molecule has 1 aromatic rings. The molecule has 1 fully saturated rings. The molecule has 1 aromatic carbocycles. The van der Waals surface area contributed by atoms with Gasteiger partial charge in [0.05, 0.1) is 16.9 Å². The van der Waals surface area contributed by atoms with E-state index in [0.717, 1.165) is 43.6 Å². The van der Waals surface area contributed by atoms with Crippen molar-refractivity contribution in [3.05, 3.63) is 125 Å². The molecule has 1 N–H and O–H groups in total. The van der Waals surface area contributed by atoms with E-state index in [4.69, 9.17) is 9.47 Å². The number of aliphatic hydroxyl groups excluding tert-OH is 1. The van der Waals surface area contributed by atoms with E-state index in [1.807, 2.05) is 26.0 Å². The molecule has 4 nitrogen and oxygen atoms in total. The van der Waals surface area contributed by atoms with Crippen LogP contribution in [0.5, 0.6) is 0 Å². The lowest BCUT2D eigenvalue weighted by Crippen LogP contribution is -2.55. The van der Waals surface area contributed by atoms with Gasteiger partial charge >= 0.3 is 0 Å². The number of benzene rings is 1. The van der Waals surface area contributed by atoms with Gasteiger partial charge in [0, 0.05) is 36.6 Å². The van der Waals surface area contributed by atoms with Crippen LogP contribution in [0.15, 0.2) is 119 Å². The molecule has 282 valence electrons. The summed E-state index contributed by atoms with van der Waals surface area (Å²) in [5.41, 5.74) is 6.45. The zero-order chi connectivity index (χ0) is 38.0. The number of aliphatic hydroxyl groups is 1. The zero-order valence-corrected chi connectivity index (χ0v) is 34.3. The second kappa shape index (κ2) is 15.8. The van der Waals surface area contributed by atoms with Crippen LogP contribution in [0, 0.1) is 35.0 Å². The molecule has 3 aliphatic carbocycles. The normalized spacial score (nSPS) is 29.3. The summed E-state index contributed by atoms with van der Waals surface area (Å²) in [6.07, 6.45) is 25.0. The minimum atomic E-state index is -0.416. The fourth-order valence-corrected chi connectivity index (χ4v) is 10.4. The molecular formula is C48H67NO3. The van der Waals surface area contributed by atoms with E-state index in [-0.39, 0.29) is 22.9 Å². The molecule has 4 heteroatoms. The second-order valence-electron chi connectivity index (χ2n) is 17.0. The molecule has 6 unspecified atom stereocenters. The van der Waals surface area contributed by atoms with Crippen molar-refractivity contribution in [1.82, 2.24) is 4.90 Å². The first-order valence-corrected chi connectivity index (χ1v) is 20.0. The Balaban J connectivity index is 1.73. The number of methoxy groups -OCH3 is 1. The van der Waals surface area contributed by atoms with Crippen LogP contribution < -0.4 is 0 Å². The van der Waals surface area contributed by atoms with Gasteiger partial charge in [-0.05, 0) is 125 Å². The Hall–Kier alpha value is -3.50. The number of hydrogen-bond acceptors (Lipinski definition) is 4. The van der Waals surface area contributed by atoms with Crippen molar-refractivity contribution in [2.75, 3.05) is 7.11 Å². The van der Waals surface area contributed by atoms with Gasteiger partial charge in [-0.3, -0.25) is 0 Å². The van der Waals surface area contributed by atoms with Gasteiger partial charge in [0.15, 0.2) is 0 Å². The summed E-state index contributed by atoms with van der Waals surface area (Å²) in [7, 11) is 1.74. The van der Waals surface area contributed by atoms with E-state index < -0.39 is 5.60 Å². The molecule has 52 heavy (non-hydrogen) atoms. The van der Waals surface area contributed by atoms with Crippen LogP contribution in [0.1, 0.15) is 114 Å². The van der Waals surface area contributed by atoms with Gasteiger partial charge in [-0.25, -0.2) is 0 Å². The number of fused-ring (bicyclic) bond motifs is 2. The van der Waals surface area contributed by atoms with Gasteiger partial charge in [-0.1, -0.05) is 108 Å². The zero-order valence-electron chi connectivity index (χ0n) is 34.3. The summed E-state index contributed by atoms with van der Waals surface area (Å²) < 4.78 is 12.4. The highest BCUT2D eigenvalue weighted by Gasteiger charge is 2.62. The molecule has 1 saturated carbocycles. The van der Waals surface area contributed by atoms with Gasteiger partial charge < -0.3 is 19.5 Å². The van der Waals surface area contributed by atoms with Gasteiger partial charge in [0.2, 0.25) is 0 Å². The molecule has 0 spiro atoms. The minimum absolute atomic E-state index is 0.0937.